The molecule has 0 saturated heterocycles. The molecule has 0 aromatic heterocycles. The first-order chi connectivity index (χ1) is 8.41. The van der Waals surface area contributed by atoms with Crippen molar-refractivity contribution in [2.75, 3.05) is 6.54 Å². The molecule has 0 fully saturated rings. The fourth-order valence-electron chi connectivity index (χ4n) is 2.79. The molecule has 3 N–H and O–H groups in total. The van der Waals surface area contributed by atoms with Crippen LogP contribution in [-0.2, 0) is 4.79 Å². The predicted molar refractivity (Wildman–Crippen MR) is 76.5 cm³/mol. The Balaban J connectivity index is 4.78. The molecule has 0 aliphatic rings. The Morgan fingerprint density at radius 1 is 1.28 bits per heavy atom. The van der Waals surface area contributed by atoms with Crippen molar-refractivity contribution >= 4 is 5.97 Å². The van der Waals surface area contributed by atoms with Gasteiger partial charge in [0, 0.05) is 6.54 Å². The summed E-state index contributed by atoms with van der Waals surface area (Å²) < 4.78 is 0. The largest absolute Gasteiger partial charge is 0.481 e. The maximum Gasteiger partial charge on any atom is 0.310 e. The van der Waals surface area contributed by atoms with Gasteiger partial charge in [0.05, 0.1) is 5.41 Å². The molecule has 0 amide bonds. The minimum Gasteiger partial charge on any atom is -0.481 e. The number of aliphatic carboxylic acids is 1. The van der Waals surface area contributed by atoms with E-state index in [-0.39, 0.29) is 6.54 Å². The molecular formula is C15H31NO2. The van der Waals surface area contributed by atoms with Crippen LogP contribution in [0.4, 0.5) is 0 Å². The van der Waals surface area contributed by atoms with E-state index in [1.54, 1.807) is 0 Å². The second-order valence-corrected chi connectivity index (χ2v) is 6.01. The van der Waals surface area contributed by atoms with Crippen molar-refractivity contribution < 1.29 is 9.90 Å². The zero-order valence-corrected chi connectivity index (χ0v) is 12.5. The van der Waals surface area contributed by atoms with Crippen LogP contribution in [-0.4, -0.2) is 17.6 Å². The molecule has 2 atom stereocenters. The van der Waals surface area contributed by atoms with E-state index in [0.717, 1.165) is 19.3 Å². The zero-order valence-electron chi connectivity index (χ0n) is 12.5. The van der Waals surface area contributed by atoms with Gasteiger partial charge in [0.15, 0.2) is 0 Å². The van der Waals surface area contributed by atoms with Crippen LogP contribution in [0.5, 0.6) is 0 Å². The monoisotopic (exact) mass is 257 g/mol. The molecule has 0 aromatic carbocycles. The lowest BCUT2D eigenvalue weighted by Crippen LogP contribution is -2.41. The highest BCUT2D eigenvalue weighted by Crippen LogP contribution is 2.36. The van der Waals surface area contributed by atoms with Gasteiger partial charge < -0.3 is 10.8 Å². The van der Waals surface area contributed by atoms with E-state index in [0.29, 0.717) is 18.3 Å². The van der Waals surface area contributed by atoms with Gasteiger partial charge in [-0.1, -0.05) is 53.4 Å². The van der Waals surface area contributed by atoms with Crippen LogP contribution in [0.25, 0.3) is 0 Å². The average molecular weight is 257 g/mol. The normalized spacial score (nSPS) is 16.6. The zero-order chi connectivity index (χ0) is 14.2. The third-order valence-corrected chi connectivity index (χ3v) is 3.87. The van der Waals surface area contributed by atoms with Gasteiger partial charge in [0.1, 0.15) is 0 Å². The maximum absolute atomic E-state index is 11.6. The highest BCUT2D eigenvalue weighted by Gasteiger charge is 2.39. The number of carbonyl (C=O) groups is 1. The fourth-order valence-corrected chi connectivity index (χ4v) is 2.79. The lowest BCUT2D eigenvalue weighted by Gasteiger charge is -2.33. The molecule has 108 valence electrons. The smallest absolute Gasteiger partial charge is 0.310 e. The van der Waals surface area contributed by atoms with Gasteiger partial charge in [0.2, 0.25) is 0 Å². The van der Waals surface area contributed by atoms with Crippen molar-refractivity contribution in [1.82, 2.24) is 0 Å². The van der Waals surface area contributed by atoms with Crippen LogP contribution in [0, 0.1) is 17.3 Å². The van der Waals surface area contributed by atoms with Crippen molar-refractivity contribution in [2.24, 2.45) is 23.0 Å². The summed E-state index contributed by atoms with van der Waals surface area (Å²) in [7, 11) is 0. The summed E-state index contributed by atoms with van der Waals surface area (Å²) in [5.41, 5.74) is 5.09. The van der Waals surface area contributed by atoms with Crippen molar-refractivity contribution in [2.45, 2.75) is 66.2 Å². The van der Waals surface area contributed by atoms with Crippen LogP contribution in [0.1, 0.15) is 66.2 Å². The van der Waals surface area contributed by atoms with Gasteiger partial charge in [-0.2, -0.15) is 0 Å². The van der Waals surface area contributed by atoms with E-state index < -0.39 is 11.4 Å². The SMILES string of the molecule is CCCCC(CC)CC(CN)(CC(C)C)C(=O)O. The number of nitrogens with two attached hydrogens (primary N) is 1. The molecule has 0 aliphatic carbocycles. The number of hydrogen-bond acceptors (Lipinski definition) is 2. The molecule has 18 heavy (non-hydrogen) atoms. The van der Waals surface area contributed by atoms with Crippen molar-refractivity contribution in [3.63, 3.8) is 0 Å². The molecule has 0 spiro atoms. The first-order valence-corrected chi connectivity index (χ1v) is 7.35. The van der Waals surface area contributed by atoms with E-state index in [1.165, 1.54) is 12.8 Å². The minimum atomic E-state index is -0.720. The van der Waals surface area contributed by atoms with Gasteiger partial charge in [-0.3, -0.25) is 4.79 Å². The van der Waals surface area contributed by atoms with Crippen LogP contribution < -0.4 is 5.73 Å². The van der Waals surface area contributed by atoms with Gasteiger partial charge in [0.25, 0.3) is 0 Å². The van der Waals surface area contributed by atoms with E-state index in [2.05, 4.69) is 27.7 Å². The molecule has 0 heterocycles. The van der Waals surface area contributed by atoms with E-state index in [4.69, 9.17) is 5.73 Å². The molecule has 3 heteroatoms. The fraction of sp³-hybridized carbons (Fsp3) is 0.933. The Morgan fingerprint density at radius 2 is 1.89 bits per heavy atom. The third kappa shape index (κ3) is 5.38. The summed E-state index contributed by atoms with van der Waals surface area (Å²) in [6, 6.07) is 0. The van der Waals surface area contributed by atoms with E-state index in [1.807, 2.05) is 0 Å². The molecule has 0 aliphatic heterocycles. The summed E-state index contributed by atoms with van der Waals surface area (Å²) in [6.07, 6.45) is 5.94. The topological polar surface area (TPSA) is 63.3 Å². The Labute approximate surface area is 112 Å². The third-order valence-electron chi connectivity index (χ3n) is 3.87. The summed E-state index contributed by atoms with van der Waals surface area (Å²) >= 11 is 0. The number of carboxylic acids is 1. The van der Waals surface area contributed by atoms with Crippen molar-refractivity contribution in [1.29, 1.82) is 0 Å². The van der Waals surface area contributed by atoms with E-state index >= 15 is 0 Å². The molecule has 2 unspecified atom stereocenters. The molecule has 0 rings (SSSR count). The first-order valence-electron chi connectivity index (χ1n) is 7.35. The molecule has 0 saturated carbocycles. The highest BCUT2D eigenvalue weighted by atomic mass is 16.4. The number of hydrogen-bond donors (Lipinski definition) is 2. The Bertz CT molecular complexity index is 241. The van der Waals surface area contributed by atoms with E-state index in [9.17, 15) is 9.90 Å². The number of unbranched alkanes of at least 4 members (excludes halogenated alkanes) is 1. The number of rotatable bonds is 10. The lowest BCUT2D eigenvalue weighted by molar-refractivity contribution is -0.150. The molecule has 0 radical (unpaired) electrons. The summed E-state index contributed by atoms with van der Waals surface area (Å²) in [4.78, 5) is 11.6. The second kappa shape index (κ2) is 8.52. The number of carboxylic acid groups (broad SMARTS) is 1. The molecule has 0 bridgehead atoms. The molecular weight excluding hydrogens is 226 g/mol. The standard InChI is InChI=1S/C15H31NO2/c1-5-7-8-13(6-2)10-15(11-16,14(17)18)9-12(3)4/h12-13H,5-11,16H2,1-4H3,(H,17,18). The second-order valence-electron chi connectivity index (χ2n) is 6.01. The van der Waals surface area contributed by atoms with Gasteiger partial charge >= 0.3 is 5.97 Å². The summed E-state index contributed by atoms with van der Waals surface area (Å²) in [6.45, 7) is 8.72. The molecule has 0 aromatic rings. The van der Waals surface area contributed by atoms with Gasteiger partial charge in [-0.05, 0) is 24.7 Å². The lowest BCUT2D eigenvalue weighted by atomic mass is 9.72. The summed E-state index contributed by atoms with van der Waals surface area (Å²) in [5, 5.41) is 9.56. The van der Waals surface area contributed by atoms with Gasteiger partial charge in [-0.15, -0.1) is 0 Å². The van der Waals surface area contributed by atoms with Crippen LogP contribution in [0.3, 0.4) is 0 Å². The van der Waals surface area contributed by atoms with Crippen molar-refractivity contribution in [3.05, 3.63) is 0 Å². The Kier molecular flexibility index (Phi) is 8.25. The minimum absolute atomic E-state index is 0.253. The predicted octanol–water partition coefficient (Wildman–Crippen LogP) is 3.67. The maximum atomic E-state index is 11.6. The summed E-state index contributed by atoms with van der Waals surface area (Å²) in [5.74, 6) is 0.144. The van der Waals surface area contributed by atoms with Crippen LogP contribution in [0.2, 0.25) is 0 Å². The highest BCUT2D eigenvalue weighted by molar-refractivity contribution is 5.75. The van der Waals surface area contributed by atoms with Crippen molar-refractivity contribution in [3.8, 4) is 0 Å². The van der Waals surface area contributed by atoms with Gasteiger partial charge in [-0.25, -0.2) is 0 Å². The molecule has 3 nitrogen and oxygen atoms in total. The van der Waals surface area contributed by atoms with Crippen LogP contribution >= 0.6 is 0 Å². The first kappa shape index (κ1) is 17.4. The Morgan fingerprint density at radius 3 is 2.22 bits per heavy atom. The average Bonchev–Trinajstić information content (AvgIpc) is 2.32. The Hall–Kier alpha value is -0.570. The van der Waals surface area contributed by atoms with Crippen LogP contribution in [0.15, 0.2) is 0 Å². The quantitative estimate of drug-likeness (QED) is 0.627.